The molecule has 0 radical (unpaired) electrons. The van der Waals surface area contributed by atoms with E-state index in [-0.39, 0.29) is 31.2 Å². The van der Waals surface area contributed by atoms with E-state index in [1.54, 1.807) is 6.20 Å². The SMILES string of the molecule is O=C1CCC(N2Cc3c(cc(F)cc3N3CCN(Cc4ccn[nH]4)CC3)C2=O)C(=O)N1. The Morgan fingerprint density at radius 2 is 1.94 bits per heavy atom. The average Bonchev–Trinajstić information content (AvgIpc) is 3.37. The first-order chi connectivity index (χ1) is 15.0. The fourth-order valence-electron chi connectivity index (χ4n) is 4.65. The molecule has 3 amide bonds. The van der Waals surface area contributed by atoms with Crippen LogP contribution in [0.1, 0.15) is 34.5 Å². The Bertz CT molecular complexity index is 1030. The van der Waals surface area contributed by atoms with Crippen molar-refractivity contribution in [2.45, 2.75) is 32.0 Å². The summed E-state index contributed by atoms with van der Waals surface area (Å²) >= 11 is 0. The fourth-order valence-corrected chi connectivity index (χ4v) is 4.65. The third kappa shape index (κ3) is 3.67. The van der Waals surface area contributed by atoms with Crippen molar-refractivity contribution in [2.24, 2.45) is 0 Å². The minimum Gasteiger partial charge on any atom is -0.369 e. The average molecular weight is 426 g/mol. The summed E-state index contributed by atoms with van der Waals surface area (Å²) < 4.78 is 14.4. The van der Waals surface area contributed by atoms with E-state index in [0.717, 1.165) is 30.9 Å². The number of fused-ring (bicyclic) bond motifs is 1. The van der Waals surface area contributed by atoms with E-state index >= 15 is 0 Å². The van der Waals surface area contributed by atoms with Crippen molar-refractivity contribution in [1.29, 1.82) is 0 Å². The normalized spacial score (nSPS) is 22.1. The number of rotatable bonds is 4. The summed E-state index contributed by atoms with van der Waals surface area (Å²) in [6, 6.07) is 3.97. The molecule has 31 heavy (non-hydrogen) atoms. The van der Waals surface area contributed by atoms with Crippen LogP contribution < -0.4 is 10.2 Å². The largest absolute Gasteiger partial charge is 0.369 e. The number of anilines is 1. The highest BCUT2D eigenvalue weighted by molar-refractivity contribution is 6.06. The van der Waals surface area contributed by atoms with Crippen molar-refractivity contribution >= 4 is 23.4 Å². The second-order valence-corrected chi connectivity index (χ2v) is 8.20. The zero-order valence-electron chi connectivity index (χ0n) is 16.9. The van der Waals surface area contributed by atoms with Gasteiger partial charge in [-0.2, -0.15) is 5.10 Å². The molecule has 5 rings (SSSR count). The number of aromatic amines is 1. The van der Waals surface area contributed by atoms with E-state index in [4.69, 9.17) is 0 Å². The maximum Gasteiger partial charge on any atom is 0.255 e. The van der Waals surface area contributed by atoms with Gasteiger partial charge in [0.1, 0.15) is 11.9 Å². The van der Waals surface area contributed by atoms with Crippen LogP contribution in [0.5, 0.6) is 0 Å². The molecule has 0 saturated carbocycles. The molecular weight excluding hydrogens is 403 g/mol. The van der Waals surface area contributed by atoms with Gasteiger partial charge in [0.2, 0.25) is 11.8 Å². The zero-order chi connectivity index (χ0) is 21.5. The number of nitrogens with zero attached hydrogens (tertiary/aromatic N) is 4. The van der Waals surface area contributed by atoms with Gasteiger partial charge in [-0.15, -0.1) is 0 Å². The first kappa shape index (κ1) is 19.7. The monoisotopic (exact) mass is 426 g/mol. The molecule has 0 bridgehead atoms. The molecule has 0 aliphatic carbocycles. The number of benzene rings is 1. The minimum atomic E-state index is -0.709. The summed E-state index contributed by atoms with van der Waals surface area (Å²) in [7, 11) is 0. The summed E-state index contributed by atoms with van der Waals surface area (Å²) in [4.78, 5) is 42.6. The molecule has 2 aromatic rings. The molecule has 2 saturated heterocycles. The molecule has 162 valence electrons. The Morgan fingerprint density at radius 3 is 2.65 bits per heavy atom. The van der Waals surface area contributed by atoms with Crippen molar-refractivity contribution in [1.82, 2.24) is 25.3 Å². The van der Waals surface area contributed by atoms with Crippen LogP contribution >= 0.6 is 0 Å². The summed E-state index contributed by atoms with van der Waals surface area (Å²) in [6.07, 6.45) is 2.21. The number of piperazine rings is 1. The van der Waals surface area contributed by atoms with Crippen molar-refractivity contribution < 1.29 is 18.8 Å². The third-order valence-electron chi connectivity index (χ3n) is 6.26. The molecule has 1 aromatic carbocycles. The van der Waals surface area contributed by atoms with E-state index in [1.165, 1.54) is 17.0 Å². The number of hydrogen-bond donors (Lipinski definition) is 2. The molecule has 3 aliphatic heterocycles. The van der Waals surface area contributed by atoms with E-state index in [2.05, 4.69) is 25.3 Å². The zero-order valence-corrected chi connectivity index (χ0v) is 16.9. The van der Waals surface area contributed by atoms with Crippen molar-refractivity contribution in [3.63, 3.8) is 0 Å². The van der Waals surface area contributed by atoms with Crippen LogP contribution in [0.4, 0.5) is 10.1 Å². The minimum absolute atomic E-state index is 0.191. The highest BCUT2D eigenvalue weighted by Gasteiger charge is 2.41. The van der Waals surface area contributed by atoms with Gasteiger partial charge in [-0.25, -0.2) is 4.39 Å². The molecule has 3 aliphatic rings. The number of carbonyl (C=O) groups is 3. The quantitative estimate of drug-likeness (QED) is 0.696. The van der Waals surface area contributed by atoms with E-state index in [1.807, 2.05) is 6.07 Å². The van der Waals surface area contributed by atoms with Crippen LogP contribution in [0, 0.1) is 5.82 Å². The van der Waals surface area contributed by atoms with Crippen molar-refractivity contribution in [3.8, 4) is 0 Å². The topological polar surface area (TPSA) is 102 Å². The Kier molecular flexibility index (Phi) is 4.93. The van der Waals surface area contributed by atoms with Crippen LogP contribution in [0.15, 0.2) is 24.4 Å². The third-order valence-corrected chi connectivity index (χ3v) is 6.26. The fraction of sp³-hybridized carbons (Fsp3) is 0.429. The molecule has 0 spiro atoms. The molecule has 10 heteroatoms. The Morgan fingerprint density at radius 1 is 1.13 bits per heavy atom. The van der Waals surface area contributed by atoms with Crippen LogP contribution in [-0.4, -0.2) is 69.9 Å². The molecule has 9 nitrogen and oxygen atoms in total. The van der Waals surface area contributed by atoms with Gasteiger partial charge in [0.25, 0.3) is 5.91 Å². The number of nitrogens with one attached hydrogen (secondary N) is 2. The second-order valence-electron chi connectivity index (χ2n) is 8.20. The number of piperidine rings is 1. The summed E-state index contributed by atoms with van der Waals surface area (Å²) in [5, 5.41) is 9.24. The van der Waals surface area contributed by atoms with Gasteiger partial charge in [0.15, 0.2) is 0 Å². The van der Waals surface area contributed by atoms with E-state index < -0.39 is 17.8 Å². The Labute approximate surface area is 178 Å². The number of hydrogen-bond acceptors (Lipinski definition) is 6. The van der Waals surface area contributed by atoms with Crippen LogP contribution in [-0.2, 0) is 22.7 Å². The van der Waals surface area contributed by atoms with Crippen molar-refractivity contribution in [3.05, 3.63) is 47.0 Å². The molecule has 1 unspecified atom stereocenters. The van der Waals surface area contributed by atoms with Gasteiger partial charge < -0.3 is 9.80 Å². The van der Waals surface area contributed by atoms with Gasteiger partial charge in [-0.1, -0.05) is 0 Å². The van der Waals surface area contributed by atoms with Crippen LogP contribution in [0.2, 0.25) is 0 Å². The summed E-state index contributed by atoms with van der Waals surface area (Å²) in [6.45, 7) is 4.03. The first-order valence-electron chi connectivity index (χ1n) is 10.4. The molecule has 4 heterocycles. The van der Waals surface area contributed by atoms with Gasteiger partial charge >= 0.3 is 0 Å². The van der Waals surface area contributed by atoms with Crippen LogP contribution in [0.3, 0.4) is 0 Å². The molecule has 2 N–H and O–H groups in total. The number of halogens is 1. The predicted molar refractivity (Wildman–Crippen MR) is 109 cm³/mol. The molecule has 1 atom stereocenters. The standard InChI is InChI=1S/C21H23FN6O3/c22-13-9-15-16(12-28(21(15)31)17-1-2-19(29)24-20(17)30)18(10-13)27-7-5-26(6-8-27)11-14-3-4-23-25-14/h3-4,9-10,17H,1-2,5-8,11-12H2,(H,23,25)(H,24,29,30). The lowest BCUT2D eigenvalue weighted by Gasteiger charge is -2.36. The van der Waals surface area contributed by atoms with Gasteiger partial charge in [-0.3, -0.25) is 29.7 Å². The number of imide groups is 1. The smallest absolute Gasteiger partial charge is 0.255 e. The molecular formula is C21H23FN6O3. The predicted octanol–water partition coefficient (Wildman–Crippen LogP) is 0.632. The number of amides is 3. The lowest BCUT2D eigenvalue weighted by Crippen LogP contribution is -2.52. The van der Waals surface area contributed by atoms with Crippen molar-refractivity contribution in [2.75, 3.05) is 31.1 Å². The maximum absolute atomic E-state index is 14.4. The highest BCUT2D eigenvalue weighted by atomic mass is 19.1. The Balaban J connectivity index is 1.34. The van der Waals surface area contributed by atoms with Gasteiger partial charge in [0.05, 0.1) is 0 Å². The number of H-pyrrole nitrogens is 1. The molecule has 2 fully saturated rings. The highest BCUT2D eigenvalue weighted by Crippen LogP contribution is 2.35. The van der Waals surface area contributed by atoms with Gasteiger partial charge in [-0.05, 0) is 24.6 Å². The summed E-state index contributed by atoms with van der Waals surface area (Å²) in [5.74, 6) is -1.62. The number of aromatic nitrogens is 2. The number of carbonyl (C=O) groups excluding carboxylic acids is 3. The molecule has 1 aromatic heterocycles. The van der Waals surface area contributed by atoms with E-state index in [9.17, 15) is 18.8 Å². The van der Waals surface area contributed by atoms with Gasteiger partial charge in [0, 0.05) is 74.4 Å². The first-order valence-corrected chi connectivity index (χ1v) is 10.4. The van der Waals surface area contributed by atoms with E-state index in [0.29, 0.717) is 24.3 Å². The Hall–Kier alpha value is -3.27. The van der Waals surface area contributed by atoms with Crippen LogP contribution in [0.25, 0.3) is 0 Å². The lowest BCUT2D eigenvalue weighted by atomic mass is 10.0. The second kappa shape index (κ2) is 7.77. The summed E-state index contributed by atoms with van der Waals surface area (Å²) in [5.41, 5.74) is 2.81. The maximum atomic E-state index is 14.4. The lowest BCUT2D eigenvalue weighted by molar-refractivity contribution is -0.136.